The molecule has 5 heteroatoms. The van der Waals surface area contributed by atoms with E-state index in [0.29, 0.717) is 6.10 Å². The van der Waals surface area contributed by atoms with Crippen LogP contribution in [0, 0.1) is 0 Å². The lowest BCUT2D eigenvalue weighted by molar-refractivity contribution is 0.0796. The maximum atomic E-state index is 5.64. The van der Waals surface area contributed by atoms with Gasteiger partial charge in [-0.2, -0.15) is 0 Å². The number of anilines is 1. The second kappa shape index (κ2) is 6.33. The molecule has 1 atom stereocenters. The fraction of sp³-hybridized carbons (Fsp3) is 0.750. The van der Waals surface area contributed by atoms with Crippen molar-refractivity contribution in [3.05, 3.63) is 11.1 Å². The third-order valence-corrected chi connectivity index (χ3v) is 3.79. The summed E-state index contributed by atoms with van der Waals surface area (Å²) in [6, 6.07) is 0. The van der Waals surface area contributed by atoms with Crippen molar-refractivity contribution >= 4 is 16.5 Å². The highest BCUT2D eigenvalue weighted by atomic mass is 32.1. The van der Waals surface area contributed by atoms with E-state index in [2.05, 4.69) is 29.2 Å². The molecule has 1 fully saturated rings. The molecule has 0 bridgehead atoms. The van der Waals surface area contributed by atoms with E-state index >= 15 is 0 Å². The summed E-state index contributed by atoms with van der Waals surface area (Å²) in [5.74, 6) is 0. The number of rotatable bonds is 6. The zero-order chi connectivity index (χ0) is 12.1. The van der Waals surface area contributed by atoms with Crippen LogP contribution < -0.4 is 5.32 Å². The summed E-state index contributed by atoms with van der Waals surface area (Å²) in [5, 5.41) is 4.26. The molecule has 0 radical (unpaired) electrons. The molecule has 1 aliphatic heterocycles. The molecule has 1 aromatic rings. The minimum absolute atomic E-state index is 0.432. The van der Waals surface area contributed by atoms with Crippen LogP contribution in [0.5, 0.6) is 0 Å². The molecule has 1 aliphatic rings. The van der Waals surface area contributed by atoms with Crippen LogP contribution in [0.3, 0.4) is 0 Å². The molecule has 1 aromatic heterocycles. The lowest BCUT2D eigenvalue weighted by Crippen LogP contribution is -2.27. The van der Waals surface area contributed by atoms with Crippen molar-refractivity contribution in [2.75, 3.05) is 32.1 Å². The van der Waals surface area contributed by atoms with Crippen LogP contribution in [0.4, 0.5) is 5.13 Å². The van der Waals surface area contributed by atoms with Crippen LogP contribution in [0.1, 0.15) is 24.6 Å². The fourth-order valence-electron chi connectivity index (χ4n) is 2.08. The molecule has 2 heterocycles. The Hall–Kier alpha value is -0.650. The fourth-order valence-corrected chi connectivity index (χ4v) is 3.04. The molecule has 1 saturated heterocycles. The van der Waals surface area contributed by atoms with Crippen LogP contribution in [-0.4, -0.2) is 42.7 Å². The average Bonchev–Trinajstić information content (AvgIpc) is 2.91. The van der Waals surface area contributed by atoms with Gasteiger partial charge in [-0.3, -0.25) is 4.90 Å². The zero-order valence-electron chi connectivity index (χ0n) is 10.6. The van der Waals surface area contributed by atoms with Gasteiger partial charge in [-0.25, -0.2) is 4.98 Å². The van der Waals surface area contributed by atoms with Crippen LogP contribution in [0.25, 0.3) is 0 Å². The first-order chi connectivity index (χ1) is 8.28. The van der Waals surface area contributed by atoms with E-state index in [4.69, 9.17) is 4.74 Å². The van der Waals surface area contributed by atoms with E-state index in [1.54, 1.807) is 11.3 Å². The van der Waals surface area contributed by atoms with Crippen molar-refractivity contribution in [2.45, 2.75) is 32.4 Å². The number of nitrogens with one attached hydrogen (secondary N) is 1. The van der Waals surface area contributed by atoms with Crippen LogP contribution in [0.2, 0.25) is 0 Å². The molecule has 0 aliphatic carbocycles. The lowest BCUT2D eigenvalue weighted by atomic mass is 10.2. The van der Waals surface area contributed by atoms with Gasteiger partial charge in [0.25, 0.3) is 0 Å². The summed E-state index contributed by atoms with van der Waals surface area (Å²) in [4.78, 5) is 7.97. The normalized spacial score (nSPS) is 20.1. The van der Waals surface area contributed by atoms with E-state index in [9.17, 15) is 0 Å². The number of thiazole rings is 1. The number of aromatic nitrogens is 1. The van der Waals surface area contributed by atoms with Crippen molar-refractivity contribution in [3.8, 4) is 0 Å². The second-order valence-corrected chi connectivity index (χ2v) is 5.61. The van der Waals surface area contributed by atoms with Crippen LogP contribution >= 0.6 is 11.3 Å². The van der Waals surface area contributed by atoms with E-state index < -0.39 is 0 Å². The Morgan fingerprint density at radius 1 is 1.65 bits per heavy atom. The zero-order valence-corrected chi connectivity index (χ0v) is 11.4. The topological polar surface area (TPSA) is 37.4 Å². The molecule has 0 amide bonds. The molecular formula is C12H21N3OS. The van der Waals surface area contributed by atoms with Crippen LogP contribution in [-0.2, 0) is 11.3 Å². The SMILES string of the molecule is CCNc1ncc(CN(C)CC2CCCO2)s1. The molecule has 17 heavy (non-hydrogen) atoms. The molecule has 96 valence electrons. The summed E-state index contributed by atoms with van der Waals surface area (Å²) >= 11 is 1.74. The van der Waals surface area contributed by atoms with Crippen molar-refractivity contribution in [3.63, 3.8) is 0 Å². The van der Waals surface area contributed by atoms with Gasteiger partial charge in [-0.05, 0) is 26.8 Å². The largest absolute Gasteiger partial charge is 0.377 e. The summed E-state index contributed by atoms with van der Waals surface area (Å²) in [5.41, 5.74) is 0. The third-order valence-electron chi connectivity index (χ3n) is 2.85. The predicted molar refractivity (Wildman–Crippen MR) is 71.6 cm³/mol. The molecule has 1 unspecified atom stereocenters. The summed E-state index contributed by atoms with van der Waals surface area (Å²) in [6.45, 7) is 5.93. The molecule has 1 N–H and O–H groups in total. The standard InChI is InChI=1S/C12H21N3OS/c1-3-13-12-14-7-11(17-12)9-15(2)8-10-5-4-6-16-10/h7,10H,3-6,8-9H2,1-2H3,(H,13,14). The van der Waals surface area contributed by atoms with E-state index in [1.165, 1.54) is 17.7 Å². The Morgan fingerprint density at radius 3 is 3.24 bits per heavy atom. The van der Waals surface area contributed by atoms with Gasteiger partial charge < -0.3 is 10.1 Å². The predicted octanol–water partition coefficient (Wildman–Crippen LogP) is 2.19. The lowest BCUT2D eigenvalue weighted by Gasteiger charge is -2.19. The quantitative estimate of drug-likeness (QED) is 0.845. The minimum atomic E-state index is 0.432. The van der Waals surface area contributed by atoms with Crippen molar-refractivity contribution < 1.29 is 4.74 Å². The maximum Gasteiger partial charge on any atom is 0.182 e. The summed E-state index contributed by atoms with van der Waals surface area (Å²) < 4.78 is 5.64. The number of hydrogen-bond acceptors (Lipinski definition) is 5. The first-order valence-electron chi connectivity index (χ1n) is 6.26. The van der Waals surface area contributed by atoms with Crippen LogP contribution in [0.15, 0.2) is 6.20 Å². The highest BCUT2D eigenvalue weighted by molar-refractivity contribution is 7.15. The molecule has 2 rings (SSSR count). The number of likely N-dealkylation sites (N-methyl/N-ethyl adjacent to an activating group) is 1. The summed E-state index contributed by atoms with van der Waals surface area (Å²) in [6.07, 6.45) is 4.81. The minimum Gasteiger partial charge on any atom is -0.377 e. The number of nitrogens with zero attached hydrogens (tertiary/aromatic N) is 2. The van der Waals surface area contributed by atoms with Gasteiger partial charge in [0.15, 0.2) is 5.13 Å². The van der Waals surface area contributed by atoms with Gasteiger partial charge in [-0.1, -0.05) is 0 Å². The maximum absolute atomic E-state index is 5.64. The molecular weight excluding hydrogens is 234 g/mol. The Kier molecular flexibility index (Phi) is 4.76. The highest BCUT2D eigenvalue weighted by Gasteiger charge is 2.17. The van der Waals surface area contributed by atoms with Crippen molar-refractivity contribution in [2.24, 2.45) is 0 Å². The first kappa shape index (κ1) is 12.8. The van der Waals surface area contributed by atoms with Gasteiger partial charge in [-0.15, -0.1) is 11.3 Å². The van der Waals surface area contributed by atoms with Gasteiger partial charge in [0.1, 0.15) is 0 Å². The van der Waals surface area contributed by atoms with Gasteiger partial charge in [0.2, 0.25) is 0 Å². The smallest absolute Gasteiger partial charge is 0.182 e. The van der Waals surface area contributed by atoms with Gasteiger partial charge >= 0.3 is 0 Å². The van der Waals surface area contributed by atoms with Gasteiger partial charge in [0.05, 0.1) is 6.10 Å². The van der Waals surface area contributed by atoms with Crippen molar-refractivity contribution in [1.82, 2.24) is 9.88 Å². The molecule has 4 nitrogen and oxygen atoms in total. The molecule has 0 aromatic carbocycles. The first-order valence-corrected chi connectivity index (χ1v) is 7.08. The average molecular weight is 255 g/mol. The number of hydrogen-bond donors (Lipinski definition) is 1. The van der Waals surface area contributed by atoms with E-state index in [-0.39, 0.29) is 0 Å². The monoisotopic (exact) mass is 255 g/mol. The Morgan fingerprint density at radius 2 is 2.53 bits per heavy atom. The summed E-state index contributed by atoms with van der Waals surface area (Å²) in [7, 11) is 2.15. The highest BCUT2D eigenvalue weighted by Crippen LogP contribution is 2.20. The van der Waals surface area contributed by atoms with Crippen molar-refractivity contribution in [1.29, 1.82) is 0 Å². The van der Waals surface area contributed by atoms with E-state index in [0.717, 1.165) is 31.4 Å². The van der Waals surface area contributed by atoms with Gasteiger partial charge in [0, 0.05) is 37.3 Å². The second-order valence-electron chi connectivity index (χ2n) is 4.49. The Labute approximate surface area is 107 Å². The Bertz CT molecular complexity index is 336. The molecule has 0 spiro atoms. The van der Waals surface area contributed by atoms with E-state index in [1.807, 2.05) is 6.20 Å². The third kappa shape index (κ3) is 3.94. The molecule has 0 saturated carbocycles. The Balaban J connectivity index is 1.78. The number of ether oxygens (including phenoxy) is 1.